The molecule has 1 aromatic rings. The summed E-state index contributed by atoms with van der Waals surface area (Å²) in [5, 5.41) is 12.2. The molecule has 0 radical (unpaired) electrons. The first-order chi connectivity index (χ1) is 7.82. The van der Waals surface area contributed by atoms with Crippen LogP contribution >= 0.6 is 11.6 Å². The minimum absolute atomic E-state index is 0.0194. The zero-order valence-corrected chi connectivity index (χ0v) is 9.29. The molecule has 0 bridgehead atoms. The number of hydrogen-bond acceptors (Lipinski definition) is 3. The molecule has 92 valence electrons. The van der Waals surface area contributed by atoms with Crippen LogP contribution < -0.4 is 5.32 Å². The normalized spacial score (nSPS) is 10.4. The van der Waals surface area contributed by atoms with Crippen LogP contribution in [0.3, 0.4) is 0 Å². The van der Waals surface area contributed by atoms with Gasteiger partial charge in [0.05, 0.1) is 4.92 Å². The maximum atomic E-state index is 12.0. The third kappa shape index (κ3) is 3.10. The number of aryl methyl sites for hydroxylation is 1. The van der Waals surface area contributed by atoms with Crippen LogP contribution in [0.15, 0.2) is 12.1 Å². The summed E-state index contributed by atoms with van der Waals surface area (Å²) in [6, 6.07) is 2.17. The summed E-state index contributed by atoms with van der Waals surface area (Å²) in [6.45, 7) is 1.43. The minimum atomic E-state index is -3.16. The summed E-state index contributed by atoms with van der Waals surface area (Å²) in [4.78, 5) is 20.6. The Balaban J connectivity index is 3.08. The molecule has 0 aliphatic carbocycles. The largest absolute Gasteiger partial charge is 0.321 e. The van der Waals surface area contributed by atoms with Crippen LogP contribution in [0.1, 0.15) is 5.56 Å². The van der Waals surface area contributed by atoms with E-state index in [0.717, 1.165) is 12.1 Å². The van der Waals surface area contributed by atoms with E-state index in [9.17, 15) is 23.7 Å². The van der Waals surface area contributed by atoms with Gasteiger partial charge in [0.25, 0.3) is 11.6 Å². The fraction of sp³-hybridized carbons (Fsp3) is 0.222. The standard InChI is InChI=1S/C9H7ClF2N2O3/c1-4-2-7(14(16)17)5(10)3-6(4)13-9(15)8(11)12/h2-3,8H,1H3,(H,13,15). The quantitative estimate of drug-likeness (QED) is 0.674. The molecule has 0 unspecified atom stereocenters. The van der Waals surface area contributed by atoms with Crippen molar-refractivity contribution in [1.82, 2.24) is 0 Å². The number of carbonyl (C=O) groups is 1. The summed E-state index contributed by atoms with van der Waals surface area (Å²) in [7, 11) is 0. The summed E-state index contributed by atoms with van der Waals surface area (Å²) in [5.41, 5.74) is -0.0554. The lowest BCUT2D eigenvalue weighted by atomic mass is 10.2. The summed E-state index contributed by atoms with van der Waals surface area (Å²) < 4.78 is 24.0. The van der Waals surface area contributed by atoms with E-state index in [1.54, 1.807) is 0 Å². The van der Waals surface area contributed by atoms with Gasteiger partial charge in [-0.2, -0.15) is 8.78 Å². The molecular formula is C9H7ClF2N2O3. The molecular weight excluding hydrogens is 258 g/mol. The molecule has 8 heteroatoms. The second-order valence-corrected chi connectivity index (χ2v) is 3.57. The molecule has 0 aliphatic heterocycles. The van der Waals surface area contributed by atoms with Crippen molar-refractivity contribution in [2.24, 2.45) is 0 Å². The first-order valence-corrected chi connectivity index (χ1v) is 4.74. The van der Waals surface area contributed by atoms with Crippen LogP contribution in [-0.2, 0) is 4.79 Å². The van der Waals surface area contributed by atoms with E-state index in [2.05, 4.69) is 0 Å². The van der Waals surface area contributed by atoms with E-state index in [4.69, 9.17) is 11.6 Å². The van der Waals surface area contributed by atoms with Crippen molar-refractivity contribution in [3.8, 4) is 0 Å². The summed E-state index contributed by atoms with van der Waals surface area (Å²) in [6.07, 6.45) is -3.16. The number of nitrogens with zero attached hydrogens (tertiary/aromatic N) is 1. The molecule has 0 atom stereocenters. The van der Waals surface area contributed by atoms with Crippen molar-refractivity contribution in [3.63, 3.8) is 0 Å². The van der Waals surface area contributed by atoms with E-state index in [0.29, 0.717) is 0 Å². The molecule has 0 aromatic heterocycles. The maximum absolute atomic E-state index is 12.0. The van der Waals surface area contributed by atoms with Gasteiger partial charge in [0.15, 0.2) is 0 Å². The van der Waals surface area contributed by atoms with Gasteiger partial charge in [0.1, 0.15) is 5.02 Å². The van der Waals surface area contributed by atoms with Crippen LogP contribution in [0, 0.1) is 17.0 Å². The average Bonchev–Trinajstić information content (AvgIpc) is 2.22. The number of amides is 1. The molecule has 5 nitrogen and oxygen atoms in total. The third-order valence-electron chi connectivity index (χ3n) is 1.95. The Labute approximate surface area is 99.5 Å². The molecule has 0 aliphatic rings. The first kappa shape index (κ1) is 13.3. The topological polar surface area (TPSA) is 72.2 Å². The molecule has 17 heavy (non-hydrogen) atoms. The highest BCUT2D eigenvalue weighted by molar-refractivity contribution is 6.33. The number of hydrogen-bond donors (Lipinski definition) is 1. The van der Waals surface area contributed by atoms with Crippen molar-refractivity contribution in [2.45, 2.75) is 13.3 Å². The van der Waals surface area contributed by atoms with Crippen LogP contribution in [-0.4, -0.2) is 17.3 Å². The fourth-order valence-corrected chi connectivity index (χ4v) is 1.36. The highest BCUT2D eigenvalue weighted by atomic mass is 35.5. The van der Waals surface area contributed by atoms with Crippen LogP contribution in [0.4, 0.5) is 20.2 Å². The Hall–Kier alpha value is -1.76. The first-order valence-electron chi connectivity index (χ1n) is 4.36. The van der Waals surface area contributed by atoms with E-state index in [-0.39, 0.29) is 22.0 Å². The van der Waals surface area contributed by atoms with E-state index < -0.39 is 17.3 Å². The minimum Gasteiger partial charge on any atom is -0.321 e. The predicted octanol–water partition coefficient (Wildman–Crippen LogP) is 2.76. The Morgan fingerprint density at radius 3 is 2.59 bits per heavy atom. The van der Waals surface area contributed by atoms with Crippen molar-refractivity contribution in [2.75, 3.05) is 5.32 Å². The zero-order valence-electron chi connectivity index (χ0n) is 8.54. The average molecular weight is 265 g/mol. The van der Waals surface area contributed by atoms with Gasteiger partial charge < -0.3 is 5.32 Å². The number of anilines is 1. The second-order valence-electron chi connectivity index (χ2n) is 3.17. The number of rotatable bonds is 3. The van der Waals surface area contributed by atoms with E-state index in [1.807, 2.05) is 5.32 Å². The zero-order chi connectivity index (χ0) is 13.2. The van der Waals surface area contributed by atoms with Crippen LogP contribution in [0.5, 0.6) is 0 Å². The molecule has 1 amide bonds. The number of halogens is 3. The number of benzene rings is 1. The summed E-state index contributed by atoms with van der Waals surface area (Å²) >= 11 is 5.58. The van der Waals surface area contributed by atoms with Crippen molar-refractivity contribution >= 4 is 28.9 Å². The van der Waals surface area contributed by atoms with Crippen LogP contribution in [0.2, 0.25) is 5.02 Å². The van der Waals surface area contributed by atoms with Gasteiger partial charge in [-0.1, -0.05) is 11.6 Å². The lowest BCUT2D eigenvalue weighted by Gasteiger charge is -2.08. The van der Waals surface area contributed by atoms with E-state index >= 15 is 0 Å². The highest BCUT2D eigenvalue weighted by Crippen LogP contribution is 2.30. The second kappa shape index (κ2) is 5.05. The third-order valence-corrected chi connectivity index (χ3v) is 2.25. The van der Waals surface area contributed by atoms with Gasteiger partial charge in [-0.3, -0.25) is 14.9 Å². The molecule has 1 N–H and O–H groups in total. The number of nitro groups is 1. The van der Waals surface area contributed by atoms with Crippen molar-refractivity contribution in [1.29, 1.82) is 0 Å². The molecule has 1 rings (SSSR count). The molecule has 0 heterocycles. The van der Waals surface area contributed by atoms with Gasteiger partial charge in [-0.05, 0) is 18.6 Å². The Morgan fingerprint density at radius 1 is 1.53 bits per heavy atom. The maximum Gasteiger partial charge on any atom is 0.315 e. The Morgan fingerprint density at radius 2 is 2.12 bits per heavy atom. The lowest BCUT2D eigenvalue weighted by molar-refractivity contribution is -0.384. The molecule has 0 saturated heterocycles. The van der Waals surface area contributed by atoms with Crippen molar-refractivity contribution < 1.29 is 18.5 Å². The molecule has 0 spiro atoms. The number of nitrogens with one attached hydrogen (secondary N) is 1. The van der Waals surface area contributed by atoms with Crippen LogP contribution in [0.25, 0.3) is 0 Å². The fourth-order valence-electron chi connectivity index (χ4n) is 1.13. The van der Waals surface area contributed by atoms with E-state index in [1.165, 1.54) is 6.92 Å². The molecule has 0 saturated carbocycles. The molecule has 1 aromatic carbocycles. The summed E-state index contributed by atoms with van der Waals surface area (Å²) in [5.74, 6) is -1.49. The van der Waals surface area contributed by atoms with Crippen molar-refractivity contribution in [3.05, 3.63) is 32.8 Å². The molecule has 0 fully saturated rings. The number of alkyl halides is 2. The van der Waals surface area contributed by atoms with Gasteiger partial charge in [-0.15, -0.1) is 0 Å². The SMILES string of the molecule is Cc1cc([N+](=O)[O-])c(Cl)cc1NC(=O)C(F)F. The lowest BCUT2D eigenvalue weighted by Crippen LogP contribution is -2.20. The highest BCUT2D eigenvalue weighted by Gasteiger charge is 2.19. The predicted molar refractivity (Wildman–Crippen MR) is 57.5 cm³/mol. The van der Waals surface area contributed by atoms with Gasteiger partial charge in [0, 0.05) is 11.8 Å². The Kier molecular flexibility index (Phi) is 3.95. The number of nitro benzene ring substituents is 1. The Bertz CT molecular complexity index is 480. The van der Waals surface area contributed by atoms with Gasteiger partial charge >= 0.3 is 6.43 Å². The monoisotopic (exact) mass is 264 g/mol. The van der Waals surface area contributed by atoms with Gasteiger partial charge in [-0.25, -0.2) is 0 Å². The smallest absolute Gasteiger partial charge is 0.315 e. The van der Waals surface area contributed by atoms with Gasteiger partial charge in [0.2, 0.25) is 0 Å². The number of carbonyl (C=O) groups excluding carboxylic acids is 1.